The lowest BCUT2D eigenvalue weighted by Crippen LogP contribution is -2.20. The molecule has 0 fully saturated rings. The summed E-state index contributed by atoms with van der Waals surface area (Å²) in [6.45, 7) is 2.83. The van der Waals surface area contributed by atoms with Gasteiger partial charge in [0.05, 0.1) is 6.61 Å². The third-order valence-electron chi connectivity index (χ3n) is 2.88. The van der Waals surface area contributed by atoms with Crippen molar-refractivity contribution in [1.82, 2.24) is 10.3 Å². The number of amides is 1. The predicted molar refractivity (Wildman–Crippen MR) is 90.4 cm³/mol. The SMILES string of the molecule is CCOc1ncccc1CNC(=O)/C=C/c1ccc(Br)cc1. The Morgan fingerprint density at radius 2 is 2.09 bits per heavy atom. The molecular formula is C17H17BrN2O2. The van der Waals surface area contributed by atoms with Gasteiger partial charge >= 0.3 is 0 Å². The number of nitrogens with zero attached hydrogens (tertiary/aromatic N) is 1. The monoisotopic (exact) mass is 360 g/mol. The van der Waals surface area contributed by atoms with Gasteiger partial charge in [-0.3, -0.25) is 4.79 Å². The number of hydrogen-bond acceptors (Lipinski definition) is 3. The lowest BCUT2D eigenvalue weighted by molar-refractivity contribution is -0.116. The van der Waals surface area contributed by atoms with Crippen LogP contribution in [0.3, 0.4) is 0 Å². The Bertz CT molecular complexity index is 654. The third-order valence-corrected chi connectivity index (χ3v) is 3.41. The van der Waals surface area contributed by atoms with Crippen LogP contribution in [0.4, 0.5) is 0 Å². The number of benzene rings is 1. The van der Waals surface area contributed by atoms with Crippen LogP contribution in [0.5, 0.6) is 5.88 Å². The molecule has 4 nitrogen and oxygen atoms in total. The average Bonchev–Trinajstić information content (AvgIpc) is 2.54. The first-order valence-corrected chi connectivity index (χ1v) is 7.76. The molecule has 0 atom stereocenters. The van der Waals surface area contributed by atoms with E-state index in [0.717, 1.165) is 15.6 Å². The van der Waals surface area contributed by atoms with E-state index in [1.54, 1.807) is 12.3 Å². The Morgan fingerprint density at radius 1 is 1.32 bits per heavy atom. The van der Waals surface area contributed by atoms with Gasteiger partial charge in [0.1, 0.15) is 0 Å². The van der Waals surface area contributed by atoms with Gasteiger partial charge in [-0.2, -0.15) is 0 Å². The minimum atomic E-state index is -0.158. The molecule has 1 amide bonds. The number of nitrogens with one attached hydrogen (secondary N) is 1. The topological polar surface area (TPSA) is 51.2 Å². The van der Waals surface area contributed by atoms with Crippen molar-refractivity contribution >= 4 is 27.9 Å². The van der Waals surface area contributed by atoms with Crippen LogP contribution in [0, 0.1) is 0 Å². The first kappa shape index (κ1) is 16.2. The first-order chi connectivity index (χ1) is 10.7. The molecule has 1 aromatic carbocycles. The summed E-state index contributed by atoms with van der Waals surface area (Å²) in [5.41, 5.74) is 1.82. The van der Waals surface area contributed by atoms with Gasteiger partial charge in [0, 0.05) is 28.9 Å². The number of ether oxygens (including phenoxy) is 1. The van der Waals surface area contributed by atoms with E-state index in [-0.39, 0.29) is 5.91 Å². The van der Waals surface area contributed by atoms with Crippen molar-refractivity contribution in [2.45, 2.75) is 13.5 Å². The number of hydrogen-bond donors (Lipinski definition) is 1. The van der Waals surface area contributed by atoms with E-state index < -0.39 is 0 Å². The van der Waals surface area contributed by atoms with E-state index in [1.165, 1.54) is 6.08 Å². The fourth-order valence-electron chi connectivity index (χ4n) is 1.81. The van der Waals surface area contributed by atoms with Gasteiger partial charge in [0.25, 0.3) is 0 Å². The molecule has 1 heterocycles. The number of halogens is 1. The van der Waals surface area contributed by atoms with Crippen LogP contribution in [0.1, 0.15) is 18.1 Å². The van der Waals surface area contributed by atoms with Crippen molar-refractivity contribution in [1.29, 1.82) is 0 Å². The van der Waals surface area contributed by atoms with Crippen LogP contribution >= 0.6 is 15.9 Å². The molecule has 0 radical (unpaired) electrons. The molecule has 0 spiro atoms. The van der Waals surface area contributed by atoms with Crippen molar-refractivity contribution < 1.29 is 9.53 Å². The second-order valence-electron chi connectivity index (χ2n) is 4.50. The maximum absolute atomic E-state index is 11.9. The highest BCUT2D eigenvalue weighted by atomic mass is 79.9. The fourth-order valence-corrected chi connectivity index (χ4v) is 2.08. The molecule has 0 bridgehead atoms. The summed E-state index contributed by atoms with van der Waals surface area (Å²) in [6.07, 6.45) is 4.96. The molecule has 1 N–H and O–H groups in total. The van der Waals surface area contributed by atoms with Gasteiger partial charge in [-0.25, -0.2) is 4.98 Å². The Labute approximate surface area is 138 Å². The molecule has 0 aliphatic heterocycles. The van der Waals surface area contributed by atoms with E-state index in [2.05, 4.69) is 26.2 Å². The summed E-state index contributed by atoms with van der Waals surface area (Å²) in [4.78, 5) is 16.0. The largest absolute Gasteiger partial charge is 0.478 e. The second-order valence-corrected chi connectivity index (χ2v) is 5.42. The maximum atomic E-state index is 11.9. The van der Waals surface area contributed by atoms with Crippen LogP contribution in [0.15, 0.2) is 53.1 Å². The number of rotatable bonds is 6. The molecule has 0 unspecified atom stereocenters. The molecule has 0 saturated heterocycles. The molecule has 2 rings (SSSR count). The van der Waals surface area contributed by atoms with Gasteiger partial charge in [-0.1, -0.05) is 34.1 Å². The Hall–Kier alpha value is -2.14. The molecule has 0 aliphatic rings. The maximum Gasteiger partial charge on any atom is 0.244 e. The van der Waals surface area contributed by atoms with Gasteiger partial charge < -0.3 is 10.1 Å². The lowest BCUT2D eigenvalue weighted by Gasteiger charge is -2.08. The smallest absolute Gasteiger partial charge is 0.244 e. The lowest BCUT2D eigenvalue weighted by atomic mass is 10.2. The Kier molecular flexibility index (Phi) is 6.15. The third kappa shape index (κ3) is 5.00. The zero-order valence-electron chi connectivity index (χ0n) is 12.3. The van der Waals surface area contributed by atoms with Gasteiger partial charge in [0.15, 0.2) is 0 Å². The van der Waals surface area contributed by atoms with E-state index in [0.29, 0.717) is 19.0 Å². The molecule has 2 aromatic rings. The number of pyridine rings is 1. The summed E-state index contributed by atoms with van der Waals surface area (Å²) in [7, 11) is 0. The average molecular weight is 361 g/mol. The normalized spacial score (nSPS) is 10.6. The molecule has 0 saturated carbocycles. The molecular weight excluding hydrogens is 344 g/mol. The molecule has 5 heteroatoms. The summed E-state index contributed by atoms with van der Waals surface area (Å²) in [5, 5.41) is 2.82. The van der Waals surface area contributed by atoms with E-state index in [9.17, 15) is 4.79 Å². The van der Waals surface area contributed by atoms with E-state index >= 15 is 0 Å². The summed E-state index contributed by atoms with van der Waals surface area (Å²) >= 11 is 3.37. The fraction of sp³-hybridized carbons (Fsp3) is 0.176. The van der Waals surface area contributed by atoms with Crippen LogP contribution < -0.4 is 10.1 Å². The van der Waals surface area contributed by atoms with Gasteiger partial charge in [0.2, 0.25) is 11.8 Å². The van der Waals surface area contributed by atoms with Crippen molar-refractivity contribution in [3.63, 3.8) is 0 Å². The van der Waals surface area contributed by atoms with E-state index in [4.69, 9.17) is 4.74 Å². The quantitative estimate of drug-likeness (QED) is 0.801. The van der Waals surface area contributed by atoms with E-state index in [1.807, 2.05) is 43.3 Å². The number of carbonyl (C=O) groups is 1. The van der Waals surface area contributed by atoms with Crippen LogP contribution in [-0.4, -0.2) is 17.5 Å². The van der Waals surface area contributed by atoms with Crippen LogP contribution in [0.25, 0.3) is 6.08 Å². The van der Waals surface area contributed by atoms with Crippen molar-refractivity contribution in [3.05, 3.63) is 64.3 Å². The van der Waals surface area contributed by atoms with Crippen molar-refractivity contribution in [2.24, 2.45) is 0 Å². The molecule has 0 aliphatic carbocycles. The standard InChI is InChI=1S/C17H17BrN2O2/c1-2-22-17-14(4-3-11-19-17)12-20-16(21)10-7-13-5-8-15(18)9-6-13/h3-11H,2,12H2,1H3,(H,20,21)/b10-7+. The zero-order chi connectivity index (χ0) is 15.8. The van der Waals surface area contributed by atoms with Crippen molar-refractivity contribution in [2.75, 3.05) is 6.61 Å². The van der Waals surface area contributed by atoms with Gasteiger partial charge in [-0.05, 0) is 36.8 Å². The molecule has 114 valence electrons. The zero-order valence-corrected chi connectivity index (χ0v) is 13.8. The number of carbonyl (C=O) groups excluding carboxylic acids is 1. The summed E-state index contributed by atoms with van der Waals surface area (Å²) in [6, 6.07) is 11.4. The Balaban J connectivity index is 1.91. The molecule has 22 heavy (non-hydrogen) atoms. The van der Waals surface area contributed by atoms with Crippen LogP contribution in [0.2, 0.25) is 0 Å². The van der Waals surface area contributed by atoms with Crippen molar-refractivity contribution in [3.8, 4) is 5.88 Å². The predicted octanol–water partition coefficient (Wildman–Crippen LogP) is 3.57. The highest BCUT2D eigenvalue weighted by Gasteiger charge is 2.04. The second kappa shape index (κ2) is 8.34. The van der Waals surface area contributed by atoms with Gasteiger partial charge in [-0.15, -0.1) is 0 Å². The van der Waals surface area contributed by atoms with Crippen LogP contribution in [-0.2, 0) is 11.3 Å². The highest BCUT2D eigenvalue weighted by Crippen LogP contribution is 2.14. The summed E-state index contributed by atoms with van der Waals surface area (Å²) < 4.78 is 6.43. The number of aromatic nitrogens is 1. The molecule has 1 aromatic heterocycles. The minimum Gasteiger partial charge on any atom is -0.478 e. The minimum absolute atomic E-state index is 0.158. The first-order valence-electron chi connectivity index (χ1n) is 6.97. The summed E-state index contributed by atoms with van der Waals surface area (Å²) in [5.74, 6) is 0.399. The Morgan fingerprint density at radius 3 is 2.82 bits per heavy atom. The highest BCUT2D eigenvalue weighted by molar-refractivity contribution is 9.10.